The molecule has 1 amide bonds. The average molecular weight is 435 g/mol. The Morgan fingerprint density at radius 2 is 2.00 bits per heavy atom. The fraction of sp³-hybridized carbons (Fsp3) is 0.250. The van der Waals surface area contributed by atoms with Crippen LogP contribution >= 0.6 is 11.3 Å². The largest absolute Gasteiger partial charge is 0.497 e. The molecular weight excluding hydrogens is 408 g/mol. The fourth-order valence-corrected chi connectivity index (χ4v) is 4.48. The van der Waals surface area contributed by atoms with Crippen molar-refractivity contribution in [2.24, 2.45) is 0 Å². The van der Waals surface area contributed by atoms with E-state index in [9.17, 15) is 4.79 Å². The lowest BCUT2D eigenvalue weighted by Crippen LogP contribution is -2.22. The van der Waals surface area contributed by atoms with Crippen LogP contribution in [0.4, 0.5) is 11.4 Å². The number of ether oxygens (including phenoxy) is 1. The van der Waals surface area contributed by atoms with E-state index in [0.717, 1.165) is 52.0 Å². The number of aryl methyl sites for hydroxylation is 1. The lowest BCUT2D eigenvalue weighted by molar-refractivity contribution is 0.102. The Hall–Kier alpha value is -3.32. The van der Waals surface area contributed by atoms with Crippen LogP contribution in [-0.2, 0) is 0 Å². The first kappa shape index (κ1) is 20.9. The number of nitrogens with one attached hydrogen (secondary N) is 1. The molecule has 0 aliphatic carbocycles. The highest BCUT2D eigenvalue weighted by Gasteiger charge is 2.17. The van der Waals surface area contributed by atoms with Crippen molar-refractivity contribution in [3.63, 3.8) is 0 Å². The summed E-state index contributed by atoms with van der Waals surface area (Å²) in [6.07, 6.45) is 1.89. The van der Waals surface area contributed by atoms with Gasteiger partial charge in [-0.15, -0.1) is 11.3 Å². The Morgan fingerprint density at radius 1 is 1.19 bits per heavy atom. The highest BCUT2D eigenvalue weighted by atomic mass is 32.1. The summed E-state index contributed by atoms with van der Waals surface area (Å²) in [5.74, 6) is 0.620. The van der Waals surface area contributed by atoms with Crippen molar-refractivity contribution in [2.75, 3.05) is 30.4 Å². The number of amides is 1. The van der Waals surface area contributed by atoms with Crippen molar-refractivity contribution in [2.45, 2.75) is 20.8 Å². The number of thiazole rings is 1. The minimum atomic E-state index is -0.153. The molecule has 2 aromatic heterocycles. The summed E-state index contributed by atoms with van der Waals surface area (Å²) < 4.78 is 7.15. The van der Waals surface area contributed by atoms with Gasteiger partial charge in [0.1, 0.15) is 11.4 Å². The van der Waals surface area contributed by atoms with Gasteiger partial charge in [-0.1, -0.05) is 12.1 Å². The van der Waals surface area contributed by atoms with E-state index in [1.807, 2.05) is 53.2 Å². The topological polar surface area (TPSA) is 58.9 Å². The molecule has 0 radical (unpaired) electrons. The van der Waals surface area contributed by atoms with E-state index < -0.39 is 0 Å². The van der Waals surface area contributed by atoms with Gasteiger partial charge in [0.25, 0.3) is 5.91 Å². The maximum absolute atomic E-state index is 13.0. The number of imidazole rings is 1. The molecule has 0 saturated heterocycles. The minimum Gasteiger partial charge on any atom is -0.497 e. The molecule has 2 aromatic carbocycles. The first-order valence-corrected chi connectivity index (χ1v) is 11.2. The lowest BCUT2D eigenvalue weighted by atomic mass is 10.1. The molecule has 31 heavy (non-hydrogen) atoms. The Morgan fingerprint density at radius 3 is 2.71 bits per heavy atom. The second-order valence-corrected chi connectivity index (χ2v) is 8.09. The van der Waals surface area contributed by atoms with E-state index in [1.165, 1.54) is 11.3 Å². The van der Waals surface area contributed by atoms with Crippen LogP contribution < -0.4 is 15.0 Å². The van der Waals surface area contributed by atoms with E-state index in [1.54, 1.807) is 7.11 Å². The molecule has 0 aliphatic rings. The first-order chi connectivity index (χ1) is 15.0. The number of carbonyl (C=O) groups is 1. The number of hydrogen-bond donors (Lipinski definition) is 1. The van der Waals surface area contributed by atoms with Gasteiger partial charge in [-0.25, -0.2) is 4.98 Å². The molecule has 0 aliphatic heterocycles. The summed E-state index contributed by atoms with van der Waals surface area (Å²) in [4.78, 5) is 20.8. The van der Waals surface area contributed by atoms with Crippen LogP contribution in [0.25, 0.3) is 16.2 Å². The third-order valence-corrected chi connectivity index (χ3v) is 6.23. The van der Waals surface area contributed by atoms with E-state index >= 15 is 0 Å². The molecule has 7 heteroatoms. The molecule has 6 nitrogen and oxygen atoms in total. The van der Waals surface area contributed by atoms with E-state index in [4.69, 9.17) is 4.74 Å². The van der Waals surface area contributed by atoms with Crippen molar-refractivity contribution in [1.82, 2.24) is 9.38 Å². The molecule has 0 fully saturated rings. The van der Waals surface area contributed by atoms with Crippen molar-refractivity contribution >= 4 is 33.6 Å². The second kappa shape index (κ2) is 8.81. The fourth-order valence-electron chi connectivity index (χ4n) is 3.63. The quantitative estimate of drug-likeness (QED) is 0.419. The molecule has 2 heterocycles. The molecule has 0 bridgehead atoms. The number of rotatable bonds is 7. The van der Waals surface area contributed by atoms with E-state index in [2.05, 4.69) is 41.2 Å². The average Bonchev–Trinajstić information content (AvgIpc) is 3.37. The highest BCUT2D eigenvalue weighted by Crippen LogP contribution is 2.27. The number of carbonyl (C=O) groups excluding carboxylic acids is 1. The van der Waals surface area contributed by atoms with Gasteiger partial charge < -0.3 is 15.0 Å². The Labute approximate surface area is 186 Å². The van der Waals surface area contributed by atoms with Gasteiger partial charge in [-0.3, -0.25) is 9.20 Å². The number of aromatic nitrogens is 2. The zero-order valence-electron chi connectivity index (χ0n) is 18.2. The number of methoxy groups -OCH3 is 1. The second-order valence-electron chi connectivity index (χ2n) is 7.26. The minimum absolute atomic E-state index is 0.153. The Kier molecular flexibility index (Phi) is 5.95. The van der Waals surface area contributed by atoms with E-state index in [-0.39, 0.29) is 5.91 Å². The molecule has 160 valence electrons. The Balaban J connectivity index is 1.59. The van der Waals surface area contributed by atoms with Crippen LogP contribution in [0.3, 0.4) is 0 Å². The molecule has 1 N–H and O–H groups in total. The van der Waals surface area contributed by atoms with Crippen LogP contribution in [0, 0.1) is 6.92 Å². The van der Waals surface area contributed by atoms with Gasteiger partial charge in [0.2, 0.25) is 0 Å². The third-order valence-electron chi connectivity index (χ3n) is 5.39. The molecular formula is C24H26N4O2S. The van der Waals surface area contributed by atoms with Gasteiger partial charge in [0, 0.05) is 41.6 Å². The highest BCUT2D eigenvalue weighted by molar-refractivity contribution is 7.15. The molecule has 4 rings (SSSR count). The van der Waals surface area contributed by atoms with Crippen molar-refractivity contribution in [1.29, 1.82) is 0 Å². The van der Waals surface area contributed by atoms with Gasteiger partial charge in [-0.05, 0) is 56.7 Å². The van der Waals surface area contributed by atoms with Gasteiger partial charge in [0.15, 0.2) is 4.96 Å². The predicted molar refractivity (Wildman–Crippen MR) is 128 cm³/mol. The summed E-state index contributed by atoms with van der Waals surface area (Å²) in [6.45, 7) is 8.20. The summed E-state index contributed by atoms with van der Waals surface area (Å²) in [7, 11) is 1.64. The monoisotopic (exact) mass is 434 g/mol. The first-order valence-electron chi connectivity index (χ1n) is 10.3. The summed E-state index contributed by atoms with van der Waals surface area (Å²) in [5, 5.41) is 4.89. The standard InChI is InChI=1S/C24H26N4O2S/c1-5-27(6-2)18-10-11-20(16(3)12-18)25-23(29)22-15-31-24-26-21(14-28(22)24)17-8-7-9-19(13-17)30-4/h7-15H,5-6H2,1-4H3,(H,25,29). The number of anilines is 2. The zero-order chi connectivity index (χ0) is 22.0. The van der Waals surface area contributed by atoms with Gasteiger partial charge >= 0.3 is 0 Å². The molecule has 0 unspecified atom stereocenters. The summed E-state index contributed by atoms with van der Waals surface area (Å²) in [6, 6.07) is 13.9. The van der Waals surface area contributed by atoms with Gasteiger partial charge in [-0.2, -0.15) is 0 Å². The predicted octanol–water partition coefficient (Wildman–Crippen LogP) is 5.48. The maximum Gasteiger partial charge on any atom is 0.273 e. The third kappa shape index (κ3) is 4.14. The number of benzene rings is 2. The van der Waals surface area contributed by atoms with Crippen LogP contribution in [0.15, 0.2) is 54.0 Å². The van der Waals surface area contributed by atoms with Crippen LogP contribution in [0.1, 0.15) is 29.9 Å². The Bertz CT molecular complexity index is 1220. The van der Waals surface area contributed by atoms with Crippen LogP contribution in [0.5, 0.6) is 5.75 Å². The van der Waals surface area contributed by atoms with Crippen molar-refractivity contribution in [3.05, 3.63) is 65.3 Å². The maximum atomic E-state index is 13.0. The molecule has 0 spiro atoms. The number of nitrogens with zero attached hydrogens (tertiary/aromatic N) is 3. The molecule has 0 saturated carbocycles. The molecule has 4 aromatic rings. The molecule has 0 atom stereocenters. The van der Waals surface area contributed by atoms with Crippen molar-refractivity contribution in [3.8, 4) is 17.0 Å². The normalized spacial score (nSPS) is 11.0. The van der Waals surface area contributed by atoms with Crippen LogP contribution in [-0.4, -0.2) is 35.5 Å². The van der Waals surface area contributed by atoms with Crippen LogP contribution in [0.2, 0.25) is 0 Å². The smallest absolute Gasteiger partial charge is 0.273 e. The number of fused-ring (bicyclic) bond motifs is 1. The number of hydrogen-bond acceptors (Lipinski definition) is 5. The summed E-state index contributed by atoms with van der Waals surface area (Å²) >= 11 is 1.45. The zero-order valence-corrected chi connectivity index (χ0v) is 19.0. The van der Waals surface area contributed by atoms with Gasteiger partial charge in [0.05, 0.1) is 12.8 Å². The lowest BCUT2D eigenvalue weighted by Gasteiger charge is -2.22. The van der Waals surface area contributed by atoms with E-state index in [0.29, 0.717) is 5.69 Å². The SMILES string of the molecule is CCN(CC)c1ccc(NC(=O)c2csc3nc(-c4cccc(OC)c4)cn23)c(C)c1. The summed E-state index contributed by atoms with van der Waals surface area (Å²) in [5.41, 5.74) is 5.33. The van der Waals surface area contributed by atoms with Crippen molar-refractivity contribution < 1.29 is 9.53 Å².